The van der Waals surface area contributed by atoms with Gasteiger partial charge in [-0.15, -0.1) is 5.10 Å². The average molecular weight is 358 g/mol. The van der Waals surface area contributed by atoms with E-state index in [1.807, 2.05) is 61.5 Å². The highest BCUT2D eigenvalue weighted by Crippen LogP contribution is 2.43. The van der Waals surface area contributed by atoms with Crippen molar-refractivity contribution in [3.05, 3.63) is 88.4 Å². The van der Waals surface area contributed by atoms with Gasteiger partial charge in [-0.3, -0.25) is 5.10 Å². The summed E-state index contributed by atoms with van der Waals surface area (Å²) in [6, 6.07) is 19.8. The summed E-state index contributed by atoms with van der Waals surface area (Å²) in [5.74, 6) is 0.862. The van der Waals surface area contributed by atoms with Crippen molar-refractivity contribution in [1.29, 1.82) is 5.26 Å². The molecule has 3 aromatic rings. The number of aromatic nitrogens is 2. The number of nitrogens with zero attached hydrogens (tertiary/aromatic N) is 2. The third-order valence-corrected chi connectivity index (χ3v) is 4.57. The number of nitrogens with one attached hydrogen (secondary N) is 1. The monoisotopic (exact) mass is 358 g/mol. The van der Waals surface area contributed by atoms with E-state index in [1.54, 1.807) is 0 Å². The zero-order chi connectivity index (χ0) is 18.8. The van der Waals surface area contributed by atoms with Crippen LogP contribution in [0.4, 0.5) is 0 Å². The fraction of sp³-hybridized carbons (Fsp3) is 0.143. The van der Waals surface area contributed by atoms with E-state index in [-0.39, 0.29) is 11.8 Å². The van der Waals surface area contributed by atoms with Crippen LogP contribution in [0.15, 0.2) is 66.1 Å². The molecule has 0 saturated heterocycles. The number of benzene rings is 2. The number of H-pyrrole nitrogens is 1. The van der Waals surface area contributed by atoms with Crippen LogP contribution in [0.3, 0.4) is 0 Å². The molecule has 0 radical (unpaired) electrons. The highest BCUT2D eigenvalue weighted by Gasteiger charge is 2.34. The molecule has 4 rings (SSSR count). The Kier molecular flexibility index (Phi) is 4.27. The number of rotatable bonds is 4. The molecule has 1 aliphatic rings. The minimum Gasteiger partial charge on any atom is -0.489 e. The molecule has 0 spiro atoms. The summed E-state index contributed by atoms with van der Waals surface area (Å²) in [5.41, 5.74) is 9.97. The summed E-state index contributed by atoms with van der Waals surface area (Å²) in [7, 11) is 0. The summed E-state index contributed by atoms with van der Waals surface area (Å²) >= 11 is 0. The van der Waals surface area contributed by atoms with Gasteiger partial charge in [-0.2, -0.15) is 5.26 Å². The van der Waals surface area contributed by atoms with E-state index < -0.39 is 0 Å². The van der Waals surface area contributed by atoms with Crippen molar-refractivity contribution in [3.63, 3.8) is 0 Å². The Morgan fingerprint density at radius 2 is 2.04 bits per heavy atom. The van der Waals surface area contributed by atoms with Gasteiger partial charge in [-0.05, 0) is 30.2 Å². The van der Waals surface area contributed by atoms with Crippen LogP contribution in [0.2, 0.25) is 0 Å². The number of nitrogens with two attached hydrogens (primary N) is 1. The smallest absolute Gasteiger partial charge is 0.244 e. The molecule has 0 bridgehead atoms. The number of fused-ring (bicyclic) bond motifs is 1. The van der Waals surface area contributed by atoms with Crippen LogP contribution >= 0.6 is 0 Å². The molecule has 1 aromatic heterocycles. The summed E-state index contributed by atoms with van der Waals surface area (Å²) in [6.07, 6.45) is 0. The molecule has 27 heavy (non-hydrogen) atoms. The summed E-state index contributed by atoms with van der Waals surface area (Å²) < 4.78 is 11.4. The summed E-state index contributed by atoms with van der Waals surface area (Å²) in [5, 5.41) is 16.7. The van der Waals surface area contributed by atoms with Gasteiger partial charge in [0.15, 0.2) is 0 Å². The molecule has 1 aliphatic heterocycles. The molecule has 0 amide bonds. The topological polar surface area (TPSA) is 97.0 Å². The van der Waals surface area contributed by atoms with Crippen molar-refractivity contribution >= 4 is 0 Å². The Bertz CT molecular complexity index is 1050. The summed E-state index contributed by atoms with van der Waals surface area (Å²) in [4.78, 5) is 0. The van der Waals surface area contributed by atoms with Gasteiger partial charge < -0.3 is 15.2 Å². The number of allylic oxidation sites excluding steroid dienone is 1. The van der Waals surface area contributed by atoms with Crippen LogP contribution < -0.4 is 15.2 Å². The van der Waals surface area contributed by atoms with E-state index >= 15 is 0 Å². The predicted octanol–water partition coefficient (Wildman–Crippen LogP) is 3.52. The van der Waals surface area contributed by atoms with Crippen LogP contribution in [0.5, 0.6) is 11.6 Å². The van der Waals surface area contributed by atoms with Gasteiger partial charge in [0.2, 0.25) is 11.8 Å². The van der Waals surface area contributed by atoms with E-state index in [9.17, 15) is 5.26 Å². The fourth-order valence-corrected chi connectivity index (χ4v) is 3.26. The minimum atomic E-state index is -0.349. The Labute approximate surface area is 156 Å². The van der Waals surface area contributed by atoms with Gasteiger partial charge in [0.25, 0.3) is 0 Å². The van der Waals surface area contributed by atoms with Crippen molar-refractivity contribution in [3.8, 4) is 17.7 Å². The van der Waals surface area contributed by atoms with Crippen LogP contribution in [0, 0.1) is 18.3 Å². The first-order valence-electron chi connectivity index (χ1n) is 8.56. The predicted molar refractivity (Wildman–Crippen MR) is 99.8 cm³/mol. The lowest BCUT2D eigenvalue weighted by Gasteiger charge is -2.24. The Morgan fingerprint density at radius 1 is 1.22 bits per heavy atom. The van der Waals surface area contributed by atoms with Gasteiger partial charge in [-0.25, -0.2) is 0 Å². The van der Waals surface area contributed by atoms with Crippen molar-refractivity contribution in [2.75, 3.05) is 0 Å². The molecule has 2 heterocycles. The molecule has 2 aromatic carbocycles. The highest BCUT2D eigenvalue weighted by atomic mass is 16.5. The van der Waals surface area contributed by atoms with Gasteiger partial charge in [0.05, 0.1) is 5.92 Å². The Morgan fingerprint density at radius 3 is 2.81 bits per heavy atom. The molecule has 134 valence electrons. The third kappa shape index (κ3) is 3.11. The number of hydrogen-bond acceptors (Lipinski definition) is 5. The average Bonchev–Trinajstić information content (AvgIpc) is 3.06. The lowest BCUT2D eigenvalue weighted by molar-refractivity contribution is 0.306. The van der Waals surface area contributed by atoms with Crippen molar-refractivity contribution in [2.24, 2.45) is 5.73 Å². The molecule has 0 fully saturated rings. The maximum absolute atomic E-state index is 9.64. The quantitative estimate of drug-likeness (QED) is 0.744. The second kappa shape index (κ2) is 6.89. The van der Waals surface area contributed by atoms with E-state index in [4.69, 9.17) is 15.2 Å². The molecule has 0 aliphatic carbocycles. The Balaban J connectivity index is 1.68. The van der Waals surface area contributed by atoms with Gasteiger partial charge in [0, 0.05) is 11.3 Å². The van der Waals surface area contributed by atoms with E-state index in [2.05, 4.69) is 16.3 Å². The first-order valence-corrected chi connectivity index (χ1v) is 8.56. The molecule has 3 N–H and O–H groups in total. The maximum Gasteiger partial charge on any atom is 0.244 e. The number of nitriles is 1. The third-order valence-electron chi connectivity index (χ3n) is 4.57. The number of hydrogen-bond donors (Lipinski definition) is 2. The number of ether oxygens (including phenoxy) is 2. The molecule has 0 saturated carbocycles. The van der Waals surface area contributed by atoms with Crippen LogP contribution in [0.1, 0.15) is 28.3 Å². The molecule has 6 nitrogen and oxygen atoms in total. The van der Waals surface area contributed by atoms with Crippen LogP contribution in [0.25, 0.3) is 0 Å². The van der Waals surface area contributed by atoms with Crippen molar-refractivity contribution in [1.82, 2.24) is 10.2 Å². The van der Waals surface area contributed by atoms with Crippen molar-refractivity contribution < 1.29 is 9.47 Å². The molecule has 0 unspecified atom stereocenters. The molecular weight excluding hydrogens is 340 g/mol. The van der Waals surface area contributed by atoms with Gasteiger partial charge in [0.1, 0.15) is 24.0 Å². The normalized spacial score (nSPS) is 15.6. The second-order valence-electron chi connectivity index (χ2n) is 6.34. The standard InChI is InChI=1S/C21H18N4O2/c1-13-18-19(17(11-22)20(23)27-21(18)25-24-13)15-8-5-9-16(10-15)26-12-14-6-3-2-4-7-14/h2-10,19H,12,23H2,1H3,(H,24,25)/t19-/m1/s1. The SMILES string of the molecule is Cc1[nH]nc2c1[C@H](c1cccc(OCc3ccccc3)c1)C(C#N)=C(N)O2. The first kappa shape index (κ1) is 16.7. The van der Waals surface area contributed by atoms with E-state index in [1.165, 1.54) is 0 Å². The Hall–Kier alpha value is -3.72. The maximum atomic E-state index is 9.64. The molecule has 6 heteroatoms. The van der Waals surface area contributed by atoms with Crippen LogP contribution in [-0.4, -0.2) is 10.2 Å². The first-order chi connectivity index (χ1) is 13.2. The number of aryl methyl sites for hydroxylation is 1. The molecule has 1 atom stereocenters. The second-order valence-corrected chi connectivity index (χ2v) is 6.34. The van der Waals surface area contributed by atoms with Gasteiger partial charge >= 0.3 is 0 Å². The zero-order valence-corrected chi connectivity index (χ0v) is 14.8. The van der Waals surface area contributed by atoms with E-state index in [0.717, 1.165) is 28.1 Å². The lowest BCUT2D eigenvalue weighted by atomic mass is 9.84. The van der Waals surface area contributed by atoms with Gasteiger partial charge in [-0.1, -0.05) is 42.5 Å². The highest BCUT2D eigenvalue weighted by molar-refractivity contribution is 5.55. The number of aromatic amines is 1. The van der Waals surface area contributed by atoms with Crippen LogP contribution in [-0.2, 0) is 6.61 Å². The lowest BCUT2D eigenvalue weighted by Crippen LogP contribution is -2.21. The minimum absolute atomic E-state index is 0.0807. The molecular formula is C21H18N4O2. The largest absolute Gasteiger partial charge is 0.489 e. The van der Waals surface area contributed by atoms with Crippen molar-refractivity contribution in [2.45, 2.75) is 19.4 Å². The summed E-state index contributed by atoms with van der Waals surface area (Å²) in [6.45, 7) is 2.37. The fourth-order valence-electron chi connectivity index (χ4n) is 3.26. The van der Waals surface area contributed by atoms with E-state index in [0.29, 0.717) is 18.1 Å². The zero-order valence-electron chi connectivity index (χ0n) is 14.8.